The summed E-state index contributed by atoms with van der Waals surface area (Å²) < 4.78 is 7.43. The lowest BCUT2D eigenvalue weighted by Gasteiger charge is -2.07. The third-order valence-electron chi connectivity index (χ3n) is 2.21. The highest BCUT2D eigenvalue weighted by molar-refractivity contribution is 5.39. The Bertz CT molecular complexity index is 465. The summed E-state index contributed by atoms with van der Waals surface area (Å²) in [6.45, 7) is 3.02. The number of aryl methyl sites for hydroxylation is 1. The molecular formula is C12H15N3O. The van der Waals surface area contributed by atoms with E-state index in [9.17, 15) is 0 Å². The molecule has 0 amide bonds. The summed E-state index contributed by atoms with van der Waals surface area (Å²) in [5.41, 5.74) is 7.42. The van der Waals surface area contributed by atoms with E-state index in [0.29, 0.717) is 13.2 Å². The molecule has 84 valence electrons. The van der Waals surface area contributed by atoms with Gasteiger partial charge in [0.1, 0.15) is 12.4 Å². The first-order chi connectivity index (χ1) is 7.79. The zero-order chi connectivity index (χ0) is 11.4. The summed E-state index contributed by atoms with van der Waals surface area (Å²) in [5.74, 6) is 0.828. The van der Waals surface area contributed by atoms with Crippen LogP contribution in [0.25, 0.3) is 5.69 Å². The van der Waals surface area contributed by atoms with Gasteiger partial charge in [-0.3, -0.25) is 0 Å². The Morgan fingerprint density at radius 2 is 2.31 bits per heavy atom. The summed E-state index contributed by atoms with van der Waals surface area (Å²) in [6.07, 6.45) is 3.76. The molecule has 0 bridgehead atoms. The molecule has 2 rings (SSSR count). The minimum Gasteiger partial charge on any atom is -0.492 e. The fraction of sp³-hybridized carbons (Fsp3) is 0.250. The Morgan fingerprint density at radius 3 is 3.00 bits per heavy atom. The van der Waals surface area contributed by atoms with Crippen LogP contribution in [0.3, 0.4) is 0 Å². The molecule has 0 atom stereocenters. The van der Waals surface area contributed by atoms with Crippen LogP contribution in [0.5, 0.6) is 5.75 Å². The van der Waals surface area contributed by atoms with Crippen LogP contribution in [0.1, 0.15) is 5.69 Å². The van der Waals surface area contributed by atoms with Crippen LogP contribution in [-0.2, 0) is 0 Å². The summed E-state index contributed by atoms with van der Waals surface area (Å²) in [5, 5.41) is 0. The molecule has 0 aliphatic rings. The van der Waals surface area contributed by atoms with Crippen molar-refractivity contribution in [3.8, 4) is 11.4 Å². The number of nitrogens with zero attached hydrogens (tertiary/aromatic N) is 2. The topological polar surface area (TPSA) is 53.1 Å². The van der Waals surface area contributed by atoms with Gasteiger partial charge in [0.05, 0.1) is 17.7 Å². The molecule has 2 aromatic rings. The number of hydrogen-bond donors (Lipinski definition) is 1. The molecule has 0 unspecified atom stereocenters. The van der Waals surface area contributed by atoms with Gasteiger partial charge in [-0.25, -0.2) is 4.98 Å². The average molecular weight is 217 g/mol. The monoisotopic (exact) mass is 217 g/mol. The molecule has 4 heteroatoms. The van der Waals surface area contributed by atoms with Crippen LogP contribution < -0.4 is 10.5 Å². The lowest BCUT2D eigenvalue weighted by atomic mass is 10.3. The van der Waals surface area contributed by atoms with E-state index >= 15 is 0 Å². The van der Waals surface area contributed by atoms with E-state index < -0.39 is 0 Å². The second kappa shape index (κ2) is 4.81. The number of ether oxygens (including phenoxy) is 1. The molecule has 1 heterocycles. The lowest BCUT2D eigenvalue weighted by Crippen LogP contribution is -2.10. The average Bonchev–Trinajstić information content (AvgIpc) is 2.74. The maximum atomic E-state index is 5.47. The molecule has 0 aliphatic carbocycles. The number of rotatable bonds is 4. The molecule has 0 fully saturated rings. The van der Waals surface area contributed by atoms with Crippen molar-refractivity contribution in [1.82, 2.24) is 9.55 Å². The van der Waals surface area contributed by atoms with Crippen LogP contribution in [0, 0.1) is 6.92 Å². The van der Waals surface area contributed by atoms with E-state index in [2.05, 4.69) is 4.98 Å². The SMILES string of the molecule is Cc1cn(-c2cccc(OCCN)c2)cn1. The minimum absolute atomic E-state index is 0.522. The number of imidazole rings is 1. The molecule has 0 spiro atoms. The van der Waals surface area contributed by atoms with Crippen LogP contribution in [0.2, 0.25) is 0 Å². The number of hydrogen-bond acceptors (Lipinski definition) is 3. The summed E-state index contributed by atoms with van der Waals surface area (Å²) >= 11 is 0. The Labute approximate surface area is 94.7 Å². The standard InChI is InChI=1S/C12H15N3O/c1-10-8-15(9-14-10)11-3-2-4-12(7-11)16-6-5-13/h2-4,7-9H,5-6,13H2,1H3. The van der Waals surface area contributed by atoms with Gasteiger partial charge in [0.15, 0.2) is 0 Å². The highest BCUT2D eigenvalue weighted by Crippen LogP contribution is 2.16. The van der Waals surface area contributed by atoms with Gasteiger partial charge in [-0.2, -0.15) is 0 Å². The third-order valence-corrected chi connectivity index (χ3v) is 2.21. The van der Waals surface area contributed by atoms with E-state index in [1.807, 2.05) is 42.0 Å². The fourth-order valence-corrected chi connectivity index (χ4v) is 1.47. The molecule has 16 heavy (non-hydrogen) atoms. The smallest absolute Gasteiger partial charge is 0.121 e. The molecule has 1 aromatic heterocycles. The maximum absolute atomic E-state index is 5.47. The normalized spacial score (nSPS) is 10.4. The Morgan fingerprint density at radius 1 is 1.44 bits per heavy atom. The third kappa shape index (κ3) is 2.41. The Kier molecular flexibility index (Phi) is 3.22. The van der Waals surface area contributed by atoms with E-state index in [1.54, 1.807) is 6.33 Å². The van der Waals surface area contributed by atoms with Crippen molar-refractivity contribution in [3.05, 3.63) is 42.5 Å². The van der Waals surface area contributed by atoms with E-state index in [4.69, 9.17) is 10.5 Å². The highest BCUT2D eigenvalue weighted by Gasteiger charge is 1.99. The van der Waals surface area contributed by atoms with Gasteiger partial charge >= 0.3 is 0 Å². The largest absolute Gasteiger partial charge is 0.492 e. The molecule has 0 saturated carbocycles. The van der Waals surface area contributed by atoms with Gasteiger partial charge < -0.3 is 15.0 Å². The predicted molar refractivity (Wildman–Crippen MR) is 62.9 cm³/mol. The van der Waals surface area contributed by atoms with Gasteiger partial charge in [0, 0.05) is 18.8 Å². The summed E-state index contributed by atoms with van der Waals surface area (Å²) in [7, 11) is 0. The van der Waals surface area contributed by atoms with Crippen LogP contribution in [0.4, 0.5) is 0 Å². The van der Waals surface area contributed by atoms with Crippen LogP contribution in [0.15, 0.2) is 36.8 Å². The quantitative estimate of drug-likeness (QED) is 0.844. The van der Waals surface area contributed by atoms with Gasteiger partial charge in [-0.15, -0.1) is 0 Å². The molecule has 0 radical (unpaired) electrons. The molecule has 4 nitrogen and oxygen atoms in total. The lowest BCUT2D eigenvalue weighted by molar-refractivity contribution is 0.328. The zero-order valence-electron chi connectivity index (χ0n) is 9.26. The van der Waals surface area contributed by atoms with Gasteiger partial charge in [-0.1, -0.05) is 6.07 Å². The van der Waals surface area contributed by atoms with E-state index in [0.717, 1.165) is 17.1 Å². The molecule has 1 aromatic carbocycles. The van der Waals surface area contributed by atoms with Crippen molar-refractivity contribution in [3.63, 3.8) is 0 Å². The van der Waals surface area contributed by atoms with Gasteiger partial charge in [-0.05, 0) is 19.1 Å². The first-order valence-electron chi connectivity index (χ1n) is 5.23. The molecule has 2 N–H and O–H groups in total. The van der Waals surface area contributed by atoms with E-state index in [1.165, 1.54) is 0 Å². The van der Waals surface area contributed by atoms with Gasteiger partial charge in [0.25, 0.3) is 0 Å². The first kappa shape index (κ1) is 10.7. The highest BCUT2D eigenvalue weighted by atomic mass is 16.5. The second-order valence-electron chi connectivity index (χ2n) is 3.56. The Balaban J connectivity index is 2.22. The zero-order valence-corrected chi connectivity index (χ0v) is 9.26. The number of benzene rings is 1. The van der Waals surface area contributed by atoms with Crippen molar-refractivity contribution < 1.29 is 4.74 Å². The number of nitrogens with two attached hydrogens (primary N) is 1. The van der Waals surface area contributed by atoms with Crippen molar-refractivity contribution in [2.45, 2.75) is 6.92 Å². The van der Waals surface area contributed by atoms with Crippen molar-refractivity contribution >= 4 is 0 Å². The number of aromatic nitrogens is 2. The fourth-order valence-electron chi connectivity index (χ4n) is 1.47. The predicted octanol–water partition coefficient (Wildman–Crippen LogP) is 1.52. The molecule has 0 saturated heterocycles. The summed E-state index contributed by atoms with van der Waals surface area (Å²) in [4.78, 5) is 4.19. The maximum Gasteiger partial charge on any atom is 0.121 e. The molecular weight excluding hydrogens is 202 g/mol. The van der Waals surface area contributed by atoms with Gasteiger partial charge in [0.2, 0.25) is 0 Å². The van der Waals surface area contributed by atoms with Crippen molar-refractivity contribution in [2.75, 3.05) is 13.2 Å². The second-order valence-corrected chi connectivity index (χ2v) is 3.56. The van der Waals surface area contributed by atoms with Crippen LogP contribution >= 0.6 is 0 Å². The van der Waals surface area contributed by atoms with E-state index in [-0.39, 0.29) is 0 Å². The first-order valence-corrected chi connectivity index (χ1v) is 5.23. The summed E-state index contributed by atoms with van der Waals surface area (Å²) in [6, 6.07) is 7.85. The minimum atomic E-state index is 0.522. The Hall–Kier alpha value is -1.81. The van der Waals surface area contributed by atoms with Crippen molar-refractivity contribution in [2.24, 2.45) is 5.73 Å². The molecule has 0 aliphatic heterocycles. The van der Waals surface area contributed by atoms with Crippen LogP contribution in [-0.4, -0.2) is 22.7 Å². The van der Waals surface area contributed by atoms with Crippen molar-refractivity contribution in [1.29, 1.82) is 0 Å².